The van der Waals surface area contributed by atoms with E-state index in [1.54, 1.807) is 12.1 Å². The topological polar surface area (TPSA) is 58.2 Å². The van der Waals surface area contributed by atoms with E-state index in [9.17, 15) is 8.42 Å². The van der Waals surface area contributed by atoms with Gasteiger partial charge in [0.2, 0.25) is 10.0 Å². The summed E-state index contributed by atoms with van der Waals surface area (Å²) in [6, 6.07) is 7.30. The van der Waals surface area contributed by atoms with Crippen LogP contribution >= 0.6 is 0 Å². The summed E-state index contributed by atoms with van der Waals surface area (Å²) >= 11 is 0. The molecular formula is C13H22N2O2S. The predicted molar refractivity (Wildman–Crippen MR) is 75.3 cm³/mol. The summed E-state index contributed by atoms with van der Waals surface area (Å²) < 4.78 is 25.4. The van der Waals surface area contributed by atoms with Gasteiger partial charge in [0, 0.05) is 11.7 Å². The van der Waals surface area contributed by atoms with Crippen LogP contribution in [0.2, 0.25) is 0 Å². The van der Waals surface area contributed by atoms with Crippen LogP contribution in [-0.2, 0) is 10.0 Å². The average molecular weight is 270 g/mol. The largest absolute Gasteiger partial charge is 0.382 e. The summed E-state index contributed by atoms with van der Waals surface area (Å²) in [5.41, 5.74) is 0.963. The van der Waals surface area contributed by atoms with E-state index in [4.69, 9.17) is 0 Å². The molecule has 1 atom stereocenters. The van der Waals surface area contributed by atoms with E-state index in [1.807, 2.05) is 12.1 Å². The van der Waals surface area contributed by atoms with Gasteiger partial charge in [0.15, 0.2) is 0 Å². The van der Waals surface area contributed by atoms with E-state index in [0.29, 0.717) is 10.9 Å². The van der Waals surface area contributed by atoms with Gasteiger partial charge in [-0.2, -0.15) is 0 Å². The van der Waals surface area contributed by atoms with E-state index < -0.39 is 10.0 Å². The third kappa shape index (κ3) is 3.99. The molecule has 0 aromatic heterocycles. The van der Waals surface area contributed by atoms with Gasteiger partial charge in [0.05, 0.1) is 4.90 Å². The van der Waals surface area contributed by atoms with Gasteiger partial charge in [-0.3, -0.25) is 0 Å². The van der Waals surface area contributed by atoms with Crippen LogP contribution in [-0.4, -0.2) is 21.5 Å². The molecule has 4 nitrogen and oxygen atoms in total. The second kappa shape index (κ2) is 6.75. The fraction of sp³-hybridized carbons (Fsp3) is 0.538. The minimum absolute atomic E-state index is 0.291. The van der Waals surface area contributed by atoms with Crippen molar-refractivity contribution in [3.63, 3.8) is 0 Å². The summed E-state index contributed by atoms with van der Waals surface area (Å²) in [4.78, 5) is 0.291. The molecule has 0 saturated carbocycles. The van der Waals surface area contributed by atoms with Gasteiger partial charge in [-0.25, -0.2) is 13.1 Å². The quantitative estimate of drug-likeness (QED) is 0.800. The van der Waals surface area contributed by atoms with Crippen LogP contribution in [0.3, 0.4) is 0 Å². The zero-order chi connectivity index (χ0) is 13.6. The molecule has 0 radical (unpaired) electrons. The van der Waals surface area contributed by atoms with Gasteiger partial charge in [-0.1, -0.05) is 20.3 Å². The van der Waals surface area contributed by atoms with Crippen LogP contribution in [0, 0.1) is 0 Å². The lowest BCUT2D eigenvalue weighted by atomic mass is 10.1. The van der Waals surface area contributed by atoms with Crippen molar-refractivity contribution in [3.05, 3.63) is 24.3 Å². The fourth-order valence-corrected chi connectivity index (χ4v) is 2.54. The first-order chi connectivity index (χ1) is 8.53. The number of anilines is 1. The molecule has 0 bridgehead atoms. The Morgan fingerprint density at radius 1 is 1.17 bits per heavy atom. The monoisotopic (exact) mass is 270 g/mol. The molecule has 5 heteroatoms. The number of sulfonamides is 1. The highest BCUT2D eigenvalue weighted by Crippen LogP contribution is 2.16. The number of hydrogen-bond acceptors (Lipinski definition) is 3. The molecule has 0 fully saturated rings. The van der Waals surface area contributed by atoms with E-state index in [-0.39, 0.29) is 0 Å². The van der Waals surface area contributed by atoms with E-state index >= 15 is 0 Å². The molecule has 0 aliphatic rings. The molecular weight excluding hydrogens is 248 g/mol. The number of hydrogen-bond donors (Lipinski definition) is 2. The van der Waals surface area contributed by atoms with Gasteiger partial charge in [0.25, 0.3) is 0 Å². The maximum Gasteiger partial charge on any atom is 0.240 e. The van der Waals surface area contributed by atoms with Gasteiger partial charge in [0.1, 0.15) is 0 Å². The third-order valence-corrected chi connectivity index (χ3v) is 4.36. The summed E-state index contributed by atoms with van der Waals surface area (Å²) in [5.74, 6) is 0. The Bertz CT molecular complexity index is 454. The molecule has 0 aliphatic carbocycles. The average Bonchev–Trinajstić information content (AvgIpc) is 2.39. The molecule has 1 aromatic rings. The van der Waals surface area contributed by atoms with E-state index in [0.717, 1.165) is 24.9 Å². The SMILES string of the molecule is CCCC(CC)Nc1ccc(S(=O)(=O)NC)cc1. The Hall–Kier alpha value is -1.07. The summed E-state index contributed by atoms with van der Waals surface area (Å²) in [5, 5.41) is 3.41. The Balaban J connectivity index is 2.77. The molecule has 18 heavy (non-hydrogen) atoms. The highest BCUT2D eigenvalue weighted by molar-refractivity contribution is 7.89. The van der Waals surface area contributed by atoms with Gasteiger partial charge in [-0.05, 0) is 44.2 Å². The lowest BCUT2D eigenvalue weighted by molar-refractivity contribution is 0.588. The second-order valence-electron chi connectivity index (χ2n) is 4.27. The molecule has 1 rings (SSSR count). The third-order valence-electron chi connectivity index (χ3n) is 2.93. The van der Waals surface area contributed by atoms with Crippen molar-refractivity contribution in [1.82, 2.24) is 4.72 Å². The van der Waals surface area contributed by atoms with Crippen molar-refractivity contribution in [2.75, 3.05) is 12.4 Å². The molecule has 0 saturated heterocycles. The van der Waals surface area contributed by atoms with E-state index in [2.05, 4.69) is 23.9 Å². The predicted octanol–water partition coefficient (Wildman–Crippen LogP) is 2.59. The van der Waals surface area contributed by atoms with Crippen molar-refractivity contribution >= 4 is 15.7 Å². The molecule has 1 unspecified atom stereocenters. The molecule has 0 aliphatic heterocycles. The zero-order valence-corrected chi connectivity index (χ0v) is 12.0. The molecule has 0 amide bonds. The van der Waals surface area contributed by atoms with Crippen molar-refractivity contribution < 1.29 is 8.42 Å². The van der Waals surface area contributed by atoms with Gasteiger partial charge < -0.3 is 5.32 Å². The van der Waals surface area contributed by atoms with Crippen molar-refractivity contribution in [1.29, 1.82) is 0 Å². The number of rotatable bonds is 7. The van der Waals surface area contributed by atoms with Crippen molar-refractivity contribution in [3.8, 4) is 0 Å². The minimum atomic E-state index is -3.34. The van der Waals surface area contributed by atoms with Crippen LogP contribution in [0.25, 0.3) is 0 Å². The van der Waals surface area contributed by atoms with Crippen molar-refractivity contribution in [2.45, 2.75) is 44.0 Å². The Morgan fingerprint density at radius 3 is 2.22 bits per heavy atom. The highest BCUT2D eigenvalue weighted by Gasteiger charge is 2.11. The summed E-state index contributed by atoms with van der Waals surface area (Å²) in [6.45, 7) is 4.31. The van der Waals surface area contributed by atoms with Gasteiger partial charge in [-0.15, -0.1) is 0 Å². The van der Waals surface area contributed by atoms with Gasteiger partial charge >= 0.3 is 0 Å². The van der Waals surface area contributed by atoms with Crippen LogP contribution in [0.5, 0.6) is 0 Å². The molecule has 0 spiro atoms. The number of benzene rings is 1. The number of nitrogens with one attached hydrogen (secondary N) is 2. The first-order valence-electron chi connectivity index (χ1n) is 6.33. The second-order valence-corrected chi connectivity index (χ2v) is 6.16. The maximum absolute atomic E-state index is 11.6. The Labute approximate surface area is 110 Å². The van der Waals surface area contributed by atoms with Crippen LogP contribution in [0.4, 0.5) is 5.69 Å². The summed E-state index contributed by atoms with van der Waals surface area (Å²) in [6.07, 6.45) is 3.31. The Kier molecular flexibility index (Phi) is 5.62. The van der Waals surface area contributed by atoms with Crippen LogP contribution in [0.15, 0.2) is 29.2 Å². The smallest absolute Gasteiger partial charge is 0.240 e. The highest BCUT2D eigenvalue weighted by atomic mass is 32.2. The maximum atomic E-state index is 11.6. The fourth-order valence-electron chi connectivity index (χ4n) is 1.81. The van der Waals surface area contributed by atoms with Crippen LogP contribution in [0.1, 0.15) is 33.1 Å². The normalized spacial score (nSPS) is 13.3. The van der Waals surface area contributed by atoms with Crippen molar-refractivity contribution in [2.24, 2.45) is 0 Å². The molecule has 102 valence electrons. The first-order valence-corrected chi connectivity index (χ1v) is 7.82. The van der Waals surface area contributed by atoms with Crippen LogP contribution < -0.4 is 10.0 Å². The van der Waals surface area contributed by atoms with E-state index in [1.165, 1.54) is 7.05 Å². The standard InChI is InChI=1S/C13H22N2O2S/c1-4-6-11(5-2)15-12-7-9-13(10-8-12)18(16,17)14-3/h7-11,14-15H,4-6H2,1-3H3. The lowest BCUT2D eigenvalue weighted by Gasteiger charge is -2.17. The Morgan fingerprint density at radius 2 is 1.78 bits per heavy atom. The molecule has 0 heterocycles. The summed E-state index contributed by atoms with van der Waals surface area (Å²) in [7, 11) is -1.92. The minimum Gasteiger partial charge on any atom is -0.382 e. The molecule has 1 aromatic carbocycles. The molecule has 2 N–H and O–H groups in total. The lowest BCUT2D eigenvalue weighted by Crippen LogP contribution is -2.19. The first kappa shape index (κ1) is 15.0. The zero-order valence-electron chi connectivity index (χ0n) is 11.2.